The quantitative estimate of drug-likeness (QED) is 0.574. The van der Waals surface area contributed by atoms with Crippen molar-refractivity contribution < 1.29 is 9.90 Å². The van der Waals surface area contributed by atoms with E-state index in [0.717, 1.165) is 19.3 Å². The van der Waals surface area contributed by atoms with Crippen molar-refractivity contribution in [3.8, 4) is 0 Å². The maximum absolute atomic E-state index is 11.8. The van der Waals surface area contributed by atoms with E-state index in [-0.39, 0.29) is 18.1 Å². The molecule has 0 aromatic rings. The first-order chi connectivity index (χ1) is 7.97. The highest BCUT2D eigenvalue weighted by atomic mass is 16.3. The molecule has 0 aliphatic heterocycles. The summed E-state index contributed by atoms with van der Waals surface area (Å²) >= 11 is 0. The first kappa shape index (κ1) is 16.4. The van der Waals surface area contributed by atoms with Crippen LogP contribution in [-0.2, 0) is 4.79 Å². The van der Waals surface area contributed by atoms with E-state index in [4.69, 9.17) is 10.8 Å². The molecule has 0 rings (SSSR count). The number of aliphatic hydroxyl groups is 1. The van der Waals surface area contributed by atoms with Crippen molar-refractivity contribution in [3.05, 3.63) is 0 Å². The molecule has 0 spiro atoms. The van der Waals surface area contributed by atoms with E-state index < -0.39 is 0 Å². The van der Waals surface area contributed by atoms with Crippen LogP contribution in [-0.4, -0.2) is 29.7 Å². The molecule has 0 heterocycles. The minimum absolute atomic E-state index is 0.0756. The summed E-state index contributed by atoms with van der Waals surface area (Å²) < 4.78 is 0. The van der Waals surface area contributed by atoms with Crippen LogP contribution < -0.4 is 11.1 Å². The number of amides is 1. The summed E-state index contributed by atoms with van der Waals surface area (Å²) in [6, 6.07) is 0. The van der Waals surface area contributed by atoms with Crippen molar-refractivity contribution in [2.75, 3.05) is 13.2 Å². The molecule has 0 saturated heterocycles. The number of nitrogens with two attached hydrogens (primary N) is 1. The lowest BCUT2D eigenvalue weighted by Crippen LogP contribution is -2.46. The monoisotopic (exact) mass is 244 g/mol. The Balaban J connectivity index is 3.98. The summed E-state index contributed by atoms with van der Waals surface area (Å²) in [7, 11) is 0. The van der Waals surface area contributed by atoms with Crippen LogP contribution in [0.4, 0.5) is 0 Å². The minimum Gasteiger partial charge on any atom is -0.396 e. The molecule has 1 amide bonds. The Bertz CT molecular complexity index is 221. The van der Waals surface area contributed by atoms with Crippen molar-refractivity contribution in [1.29, 1.82) is 0 Å². The fourth-order valence-corrected chi connectivity index (χ4v) is 1.78. The molecular formula is C13H28N2O2. The third-order valence-corrected chi connectivity index (χ3v) is 3.41. The molecule has 4 nitrogen and oxygen atoms in total. The molecule has 0 aromatic carbocycles. The zero-order valence-electron chi connectivity index (χ0n) is 11.5. The highest BCUT2D eigenvalue weighted by Gasteiger charge is 2.23. The summed E-state index contributed by atoms with van der Waals surface area (Å²) in [6.07, 6.45) is 3.82. The van der Waals surface area contributed by atoms with Crippen LogP contribution in [0.2, 0.25) is 0 Å². The first-order valence-corrected chi connectivity index (χ1v) is 6.59. The summed E-state index contributed by atoms with van der Waals surface area (Å²) in [5.41, 5.74) is 5.20. The van der Waals surface area contributed by atoms with Gasteiger partial charge < -0.3 is 16.2 Å². The zero-order valence-corrected chi connectivity index (χ0v) is 11.5. The van der Waals surface area contributed by atoms with Crippen molar-refractivity contribution in [2.24, 2.45) is 11.7 Å². The minimum atomic E-state index is -0.275. The van der Waals surface area contributed by atoms with Gasteiger partial charge in [-0.2, -0.15) is 0 Å². The molecule has 0 aliphatic carbocycles. The number of hydrogen-bond acceptors (Lipinski definition) is 3. The average molecular weight is 244 g/mol. The Kier molecular flexibility index (Phi) is 8.17. The molecule has 4 N–H and O–H groups in total. The first-order valence-electron chi connectivity index (χ1n) is 6.59. The van der Waals surface area contributed by atoms with Crippen molar-refractivity contribution in [3.63, 3.8) is 0 Å². The molecule has 0 fully saturated rings. The third kappa shape index (κ3) is 7.34. The van der Waals surface area contributed by atoms with Gasteiger partial charge in [0, 0.05) is 18.6 Å². The van der Waals surface area contributed by atoms with Gasteiger partial charge in [-0.3, -0.25) is 4.79 Å². The molecule has 4 heteroatoms. The van der Waals surface area contributed by atoms with E-state index in [1.165, 1.54) is 0 Å². The van der Waals surface area contributed by atoms with Gasteiger partial charge in [-0.05, 0) is 45.1 Å². The number of hydrogen-bond donors (Lipinski definition) is 3. The van der Waals surface area contributed by atoms with Crippen LogP contribution in [0, 0.1) is 5.92 Å². The Morgan fingerprint density at radius 2 is 2.12 bits per heavy atom. The maximum atomic E-state index is 11.8. The summed E-state index contributed by atoms with van der Waals surface area (Å²) in [6.45, 7) is 6.90. The number of aliphatic hydroxyl groups excluding tert-OH is 1. The Labute approximate surface area is 105 Å². The van der Waals surface area contributed by atoms with Gasteiger partial charge in [-0.1, -0.05) is 13.8 Å². The van der Waals surface area contributed by atoms with Crippen LogP contribution in [0.15, 0.2) is 0 Å². The van der Waals surface area contributed by atoms with Gasteiger partial charge in [0.05, 0.1) is 0 Å². The predicted molar refractivity (Wildman–Crippen MR) is 70.6 cm³/mol. The summed E-state index contributed by atoms with van der Waals surface area (Å²) in [5, 5.41) is 12.0. The second-order valence-electron chi connectivity index (χ2n) is 5.16. The average Bonchev–Trinajstić information content (AvgIpc) is 2.27. The van der Waals surface area contributed by atoms with Crippen LogP contribution in [0.1, 0.15) is 52.9 Å². The second kappa shape index (κ2) is 8.48. The molecule has 17 heavy (non-hydrogen) atoms. The largest absolute Gasteiger partial charge is 0.396 e. The molecule has 0 aliphatic rings. The zero-order chi connectivity index (χ0) is 13.3. The van der Waals surface area contributed by atoms with Gasteiger partial charge >= 0.3 is 0 Å². The van der Waals surface area contributed by atoms with Gasteiger partial charge in [-0.15, -0.1) is 0 Å². The molecule has 102 valence electrons. The smallest absolute Gasteiger partial charge is 0.220 e. The van der Waals surface area contributed by atoms with E-state index in [9.17, 15) is 4.79 Å². The molecule has 2 unspecified atom stereocenters. The molecule has 0 bridgehead atoms. The molecular weight excluding hydrogens is 216 g/mol. The van der Waals surface area contributed by atoms with Crippen LogP contribution in [0.25, 0.3) is 0 Å². The standard InChI is InChI=1S/C13H28N2O2/c1-4-13(3,8-10-16)15-12(17)6-5-11(2)7-9-14/h11,16H,4-10,14H2,1-3H3,(H,15,17). The number of rotatable bonds is 9. The van der Waals surface area contributed by atoms with E-state index in [2.05, 4.69) is 12.2 Å². The Morgan fingerprint density at radius 3 is 2.59 bits per heavy atom. The van der Waals surface area contributed by atoms with Crippen molar-refractivity contribution >= 4 is 5.91 Å². The number of carbonyl (C=O) groups is 1. The SMILES string of the molecule is CCC(C)(CCO)NC(=O)CCC(C)CCN. The van der Waals surface area contributed by atoms with E-state index >= 15 is 0 Å². The lowest BCUT2D eigenvalue weighted by atomic mass is 9.94. The van der Waals surface area contributed by atoms with Gasteiger partial charge in [0.1, 0.15) is 0 Å². The number of nitrogens with one attached hydrogen (secondary N) is 1. The van der Waals surface area contributed by atoms with Gasteiger partial charge in [0.25, 0.3) is 0 Å². The van der Waals surface area contributed by atoms with Crippen LogP contribution >= 0.6 is 0 Å². The van der Waals surface area contributed by atoms with Crippen LogP contribution in [0.5, 0.6) is 0 Å². The molecule has 0 saturated carbocycles. The van der Waals surface area contributed by atoms with Crippen molar-refractivity contribution in [1.82, 2.24) is 5.32 Å². The van der Waals surface area contributed by atoms with E-state index in [1.54, 1.807) is 0 Å². The third-order valence-electron chi connectivity index (χ3n) is 3.41. The maximum Gasteiger partial charge on any atom is 0.220 e. The normalized spacial score (nSPS) is 16.3. The fourth-order valence-electron chi connectivity index (χ4n) is 1.78. The molecule has 2 atom stereocenters. The van der Waals surface area contributed by atoms with Gasteiger partial charge in [-0.25, -0.2) is 0 Å². The topological polar surface area (TPSA) is 75.3 Å². The van der Waals surface area contributed by atoms with E-state index in [1.807, 2.05) is 13.8 Å². The van der Waals surface area contributed by atoms with Gasteiger partial charge in [0.2, 0.25) is 5.91 Å². The fraction of sp³-hybridized carbons (Fsp3) is 0.923. The lowest BCUT2D eigenvalue weighted by Gasteiger charge is -2.29. The summed E-state index contributed by atoms with van der Waals surface area (Å²) in [4.78, 5) is 11.8. The Morgan fingerprint density at radius 1 is 1.47 bits per heavy atom. The van der Waals surface area contributed by atoms with Crippen molar-refractivity contribution in [2.45, 2.75) is 58.4 Å². The number of carbonyl (C=O) groups excluding carboxylic acids is 1. The summed E-state index contributed by atoms with van der Waals surface area (Å²) in [5.74, 6) is 0.572. The van der Waals surface area contributed by atoms with E-state index in [0.29, 0.717) is 25.3 Å². The lowest BCUT2D eigenvalue weighted by molar-refractivity contribution is -0.123. The molecule has 0 radical (unpaired) electrons. The van der Waals surface area contributed by atoms with Crippen LogP contribution in [0.3, 0.4) is 0 Å². The Hall–Kier alpha value is -0.610. The highest BCUT2D eigenvalue weighted by molar-refractivity contribution is 5.76. The highest BCUT2D eigenvalue weighted by Crippen LogP contribution is 2.15. The second-order valence-corrected chi connectivity index (χ2v) is 5.16. The van der Waals surface area contributed by atoms with Gasteiger partial charge in [0.15, 0.2) is 0 Å². The molecule has 0 aromatic heterocycles. The predicted octanol–water partition coefficient (Wildman–Crippen LogP) is 1.42.